The molecule has 26 heavy (non-hydrogen) atoms. The van der Waals surface area contributed by atoms with Crippen molar-refractivity contribution in [3.63, 3.8) is 0 Å². The number of unbranched alkanes of at least 4 members (excludes halogenated alkanes) is 4. The van der Waals surface area contributed by atoms with Crippen LogP contribution in [-0.4, -0.2) is 47.5 Å². The zero-order chi connectivity index (χ0) is 19.6. The van der Waals surface area contributed by atoms with E-state index in [2.05, 4.69) is 27.7 Å². The Bertz CT molecular complexity index is 284. The first-order valence-electron chi connectivity index (χ1n) is 10.4. The van der Waals surface area contributed by atoms with E-state index in [1.54, 1.807) is 0 Å². The SMILES string of the molecule is CC(=O)CCC(=O)O.CCCC[N+](CCCC)(CCCC)CCCC.[Cl-]. The molecule has 158 valence electrons. The number of halogens is 1. The number of quaternary nitrogens is 1. The molecule has 1 N–H and O–H groups in total. The third kappa shape index (κ3) is 19.7. The van der Waals surface area contributed by atoms with E-state index in [-0.39, 0.29) is 31.0 Å². The van der Waals surface area contributed by atoms with Gasteiger partial charge in [0.25, 0.3) is 0 Å². The molecule has 0 unspecified atom stereocenters. The lowest BCUT2D eigenvalue weighted by atomic mass is 10.1. The summed E-state index contributed by atoms with van der Waals surface area (Å²) in [6.45, 7) is 16.4. The van der Waals surface area contributed by atoms with Gasteiger partial charge in [0.2, 0.25) is 0 Å². The Morgan fingerprint density at radius 3 is 1.15 bits per heavy atom. The second-order valence-electron chi connectivity index (χ2n) is 7.25. The van der Waals surface area contributed by atoms with Crippen LogP contribution in [0.4, 0.5) is 0 Å². The number of ketones is 1. The summed E-state index contributed by atoms with van der Waals surface area (Å²) in [5.74, 6) is -0.993. The molecule has 0 aromatic heterocycles. The van der Waals surface area contributed by atoms with Gasteiger partial charge in [-0.2, -0.15) is 0 Å². The molecular formula is C21H44ClNO3. The molecule has 0 atom stereocenters. The van der Waals surface area contributed by atoms with Crippen LogP contribution in [0.3, 0.4) is 0 Å². The van der Waals surface area contributed by atoms with Crippen molar-refractivity contribution in [2.24, 2.45) is 0 Å². The topological polar surface area (TPSA) is 54.4 Å². The monoisotopic (exact) mass is 393 g/mol. The Kier molecular flexibility index (Phi) is 24.0. The molecule has 5 heteroatoms. The molecule has 4 nitrogen and oxygen atoms in total. The normalized spacial score (nSPS) is 10.5. The Balaban J connectivity index is -0.000000498. The van der Waals surface area contributed by atoms with Crippen molar-refractivity contribution in [1.29, 1.82) is 0 Å². The van der Waals surface area contributed by atoms with Gasteiger partial charge in [-0.15, -0.1) is 0 Å². The number of rotatable bonds is 15. The fraction of sp³-hybridized carbons (Fsp3) is 0.905. The van der Waals surface area contributed by atoms with Crippen LogP contribution in [0.1, 0.15) is 98.8 Å². The lowest BCUT2D eigenvalue weighted by Gasteiger charge is -2.39. The molecule has 0 aromatic rings. The third-order valence-electron chi connectivity index (χ3n) is 4.63. The molecule has 0 heterocycles. The van der Waals surface area contributed by atoms with Crippen LogP contribution in [0.5, 0.6) is 0 Å². The standard InChI is InChI=1S/C16H36N.C5H8O3.ClH/c1-5-9-13-17(14-10-6-2,15-11-7-3)16-12-8-4;1-4(6)2-3-5(7)8;/h5-16H2,1-4H3;2-3H2,1H3,(H,7,8);1H/q+1;;/p-1. The van der Waals surface area contributed by atoms with Crippen molar-refractivity contribution in [3.05, 3.63) is 0 Å². The van der Waals surface area contributed by atoms with E-state index in [1.807, 2.05) is 0 Å². The number of carboxylic acid groups (broad SMARTS) is 1. The molecule has 0 amide bonds. The van der Waals surface area contributed by atoms with Gasteiger partial charge in [0.1, 0.15) is 5.78 Å². The second kappa shape index (κ2) is 20.7. The van der Waals surface area contributed by atoms with Crippen LogP contribution in [0.2, 0.25) is 0 Å². The first-order valence-corrected chi connectivity index (χ1v) is 10.4. The van der Waals surface area contributed by atoms with E-state index in [1.165, 1.54) is 89.0 Å². The summed E-state index contributed by atoms with van der Waals surface area (Å²) in [6.07, 6.45) is 11.2. The quantitative estimate of drug-likeness (QED) is 0.435. The summed E-state index contributed by atoms with van der Waals surface area (Å²) >= 11 is 0. The smallest absolute Gasteiger partial charge is 0.303 e. The van der Waals surface area contributed by atoms with Gasteiger partial charge < -0.3 is 26.8 Å². The van der Waals surface area contributed by atoms with Gasteiger partial charge in [-0.05, 0) is 32.6 Å². The van der Waals surface area contributed by atoms with Crippen molar-refractivity contribution in [1.82, 2.24) is 0 Å². The number of Topliss-reactive ketones (excluding diaryl/α,β-unsaturated/α-hetero) is 1. The van der Waals surface area contributed by atoms with Crippen molar-refractivity contribution in [2.45, 2.75) is 98.8 Å². The number of aliphatic carboxylic acids is 1. The summed E-state index contributed by atoms with van der Waals surface area (Å²) < 4.78 is 1.42. The Labute approximate surface area is 168 Å². The highest BCUT2D eigenvalue weighted by molar-refractivity contribution is 5.80. The third-order valence-corrected chi connectivity index (χ3v) is 4.63. The predicted octanol–water partition coefficient (Wildman–Crippen LogP) is 2.45. The molecule has 0 aromatic carbocycles. The number of carbonyl (C=O) groups excluding carboxylic acids is 1. The maximum absolute atomic E-state index is 10.1. The summed E-state index contributed by atoms with van der Waals surface area (Å²) in [7, 11) is 0. The molecule has 0 aliphatic carbocycles. The first kappa shape index (κ1) is 30.1. The summed E-state index contributed by atoms with van der Waals surface area (Å²) in [5, 5.41) is 8.01. The molecule has 0 bridgehead atoms. The van der Waals surface area contributed by atoms with Crippen LogP contribution in [0.15, 0.2) is 0 Å². The fourth-order valence-corrected chi connectivity index (χ4v) is 2.93. The van der Waals surface area contributed by atoms with Crippen LogP contribution < -0.4 is 12.4 Å². The largest absolute Gasteiger partial charge is 1.00 e. The number of nitrogens with zero attached hydrogens (tertiary/aromatic N) is 1. The zero-order valence-electron chi connectivity index (χ0n) is 18.0. The lowest BCUT2D eigenvalue weighted by Crippen LogP contribution is -3.00. The summed E-state index contributed by atoms with van der Waals surface area (Å²) in [4.78, 5) is 19.8. The molecule has 0 fully saturated rings. The predicted molar refractivity (Wildman–Crippen MR) is 107 cm³/mol. The highest BCUT2D eigenvalue weighted by Gasteiger charge is 2.24. The zero-order valence-corrected chi connectivity index (χ0v) is 18.7. The molecule has 0 saturated heterocycles. The molecule has 0 aliphatic heterocycles. The highest BCUT2D eigenvalue weighted by atomic mass is 35.5. The molecule has 0 aliphatic rings. The van der Waals surface area contributed by atoms with E-state index in [0.29, 0.717) is 0 Å². The molecule has 0 spiro atoms. The Morgan fingerprint density at radius 1 is 0.692 bits per heavy atom. The highest BCUT2D eigenvalue weighted by Crippen LogP contribution is 2.16. The van der Waals surface area contributed by atoms with Crippen LogP contribution in [-0.2, 0) is 9.59 Å². The van der Waals surface area contributed by atoms with E-state index >= 15 is 0 Å². The van der Waals surface area contributed by atoms with Crippen molar-refractivity contribution < 1.29 is 31.6 Å². The Hall–Kier alpha value is -0.610. The van der Waals surface area contributed by atoms with Crippen molar-refractivity contribution in [2.75, 3.05) is 26.2 Å². The average Bonchev–Trinajstić information content (AvgIpc) is 2.59. The maximum Gasteiger partial charge on any atom is 0.303 e. The second-order valence-corrected chi connectivity index (χ2v) is 7.25. The lowest BCUT2D eigenvalue weighted by molar-refractivity contribution is -0.929. The first-order chi connectivity index (χ1) is 11.9. The van der Waals surface area contributed by atoms with Gasteiger partial charge in [0.05, 0.1) is 32.6 Å². The van der Waals surface area contributed by atoms with Crippen molar-refractivity contribution >= 4 is 11.8 Å². The van der Waals surface area contributed by atoms with Crippen LogP contribution >= 0.6 is 0 Å². The van der Waals surface area contributed by atoms with Gasteiger partial charge in [0, 0.05) is 6.42 Å². The fourth-order valence-electron chi connectivity index (χ4n) is 2.93. The molecule has 0 saturated carbocycles. The van der Waals surface area contributed by atoms with E-state index in [9.17, 15) is 9.59 Å². The number of carbonyl (C=O) groups is 2. The minimum atomic E-state index is -0.916. The summed E-state index contributed by atoms with van der Waals surface area (Å²) in [6, 6.07) is 0. The number of hydrogen-bond acceptors (Lipinski definition) is 2. The Morgan fingerprint density at radius 2 is 1.00 bits per heavy atom. The average molecular weight is 394 g/mol. The number of carboxylic acids is 1. The van der Waals surface area contributed by atoms with Gasteiger partial charge in [-0.1, -0.05) is 53.4 Å². The van der Waals surface area contributed by atoms with Gasteiger partial charge in [0.15, 0.2) is 0 Å². The molecular weight excluding hydrogens is 350 g/mol. The van der Waals surface area contributed by atoms with E-state index in [4.69, 9.17) is 5.11 Å². The minimum absolute atomic E-state index is 0. The van der Waals surface area contributed by atoms with Crippen LogP contribution in [0.25, 0.3) is 0 Å². The van der Waals surface area contributed by atoms with E-state index in [0.717, 1.165) is 0 Å². The number of hydrogen-bond donors (Lipinski definition) is 1. The summed E-state index contributed by atoms with van der Waals surface area (Å²) in [5.41, 5.74) is 0. The van der Waals surface area contributed by atoms with Gasteiger partial charge in [-0.3, -0.25) is 4.79 Å². The van der Waals surface area contributed by atoms with Crippen LogP contribution in [0, 0.1) is 0 Å². The van der Waals surface area contributed by atoms with Gasteiger partial charge in [-0.25, -0.2) is 0 Å². The maximum atomic E-state index is 10.1. The molecule has 0 radical (unpaired) electrons. The van der Waals surface area contributed by atoms with Gasteiger partial charge >= 0.3 is 5.97 Å². The minimum Gasteiger partial charge on any atom is -1.00 e. The van der Waals surface area contributed by atoms with Crippen molar-refractivity contribution in [3.8, 4) is 0 Å². The molecule has 0 rings (SSSR count). The van der Waals surface area contributed by atoms with E-state index < -0.39 is 5.97 Å².